The first kappa shape index (κ1) is 30.5. The van der Waals surface area contributed by atoms with Gasteiger partial charge in [-0.25, -0.2) is 4.68 Å². The van der Waals surface area contributed by atoms with Crippen LogP contribution in [0.3, 0.4) is 0 Å². The summed E-state index contributed by atoms with van der Waals surface area (Å²) in [5.74, 6) is 0.329. The molecule has 45 heavy (non-hydrogen) atoms. The van der Waals surface area contributed by atoms with E-state index in [9.17, 15) is 22.8 Å². The number of nitrogens with one attached hydrogen (secondary N) is 1. The molecule has 232 valence electrons. The molecule has 1 amide bonds. The third-order valence-electron chi connectivity index (χ3n) is 8.47. The second-order valence-corrected chi connectivity index (χ2v) is 11.5. The Bertz CT molecular complexity index is 1740. The van der Waals surface area contributed by atoms with Gasteiger partial charge in [0.2, 0.25) is 5.91 Å². The Balaban J connectivity index is 1.24. The molecule has 1 aromatic heterocycles. The van der Waals surface area contributed by atoms with Gasteiger partial charge in [0.1, 0.15) is 12.2 Å². The van der Waals surface area contributed by atoms with Crippen molar-refractivity contribution in [2.24, 2.45) is 0 Å². The highest BCUT2D eigenvalue weighted by molar-refractivity contribution is 5.84. The van der Waals surface area contributed by atoms with Gasteiger partial charge in [0.05, 0.1) is 5.56 Å². The second-order valence-electron chi connectivity index (χ2n) is 11.5. The molecule has 2 heterocycles. The topological polar surface area (TPSA) is 80.1 Å². The van der Waals surface area contributed by atoms with Crippen molar-refractivity contribution in [3.8, 4) is 11.1 Å². The minimum atomic E-state index is -4.38. The summed E-state index contributed by atoms with van der Waals surface area (Å²) in [5.41, 5.74) is 3.61. The summed E-state index contributed by atoms with van der Waals surface area (Å²) in [4.78, 5) is 33.1. The first-order chi connectivity index (χ1) is 21.7. The van der Waals surface area contributed by atoms with Gasteiger partial charge in [0.25, 0.3) is 5.56 Å². The predicted octanol–water partition coefficient (Wildman–Crippen LogP) is 5.85. The van der Waals surface area contributed by atoms with Gasteiger partial charge in [0.15, 0.2) is 5.82 Å². The van der Waals surface area contributed by atoms with Crippen molar-refractivity contribution in [1.29, 1.82) is 0 Å². The lowest BCUT2D eigenvalue weighted by atomic mass is 10.0. The monoisotopic (exact) mass is 613 g/mol. The van der Waals surface area contributed by atoms with E-state index in [0.717, 1.165) is 60.3 Å². The van der Waals surface area contributed by atoms with Crippen LogP contribution in [0.5, 0.6) is 0 Å². The highest BCUT2D eigenvalue weighted by atomic mass is 19.4. The summed E-state index contributed by atoms with van der Waals surface area (Å²) in [7, 11) is 0. The molecule has 4 aromatic rings. The molecule has 2 aliphatic rings. The molecule has 7 nitrogen and oxygen atoms in total. The van der Waals surface area contributed by atoms with Crippen LogP contribution in [-0.2, 0) is 30.5 Å². The van der Waals surface area contributed by atoms with E-state index in [-0.39, 0.29) is 30.0 Å². The van der Waals surface area contributed by atoms with Crippen LogP contribution in [-0.4, -0.2) is 44.7 Å². The SMILES string of the molecule is CCc1nn(CC(=O)N(Cc2ccc(-c3ccc(C(F)(F)F)cc3)cc2)C2CCNCC2)c(C2=C[C@@H]2c2ccccc2)nc1=O. The number of allylic oxidation sites excluding steroid dienone is 2. The molecule has 1 aliphatic heterocycles. The molecule has 0 saturated carbocycles. The van der Waals surface area contributed by atoms with Crippen molar-refractivity contribution in [2.45, 2.75) is 57.4 Å². The molecule has 1 atom stereocenters. The first-order valence-electron chi connectivity index (χ1n) is 15.2. The molecule has 1 N–H and O–H groups in total. The summed E-state index contributed by atoms with van der Waals surface area (Å²) >= 11 is 0. The minimum Gasteiger partial charge on any atom is -0.334 e. The lowest BCUT2D eigenvalue weighted by molar-refractivity contribution is -0.137. The molecule has 1 saturated heterocycles. The number of benzene rings is 3. The molecule has 10 heteroatoms. The average Bonchev–Trinajstić information content (AvgIpc) is 3.86. The van der Waals surface area contributed by atoms with E-state index in [4.69, 9.17) is 0 Å². The molecular weight excluding hydrogens is 579 g/mol. The molecule has 1 aliphatic carbocycles. The largest absolute Gasteiger partial charge is 0.416 e. The van der Waals surface area contributed by atoms with Gasteiger partial charge >= 0.3 is 6.18 Å². The van der Waals surface area contributed by atoms with Gasteiger partial charge in [-0.15, -0.1) is 0 Å². The van der Waals surface area contributed by atoms with Crippen molar-refractivity contribution in [2.75, 3.05) is 13.1 Å². The summed E-state index contributed by atoms with van der Waals surface area (Å²) < 4.78 is 40.6. The summed E-state index contributed by atoms with van der Waals surface area (Å²) in [6.45, 7) is 3.76. The van der Waals surface area contributed by atoms with Gasteiger partial charge in [0, 0.05) is 24.1 Å². The Labute approximate surface area is 259 Å². The van der Waals surface area contributed by atoms with Crippen molar-refractivity contribution < 1.29 is 18.0 Å². The van der Waals surface area contributed by atoms with E-state index in [1.54, 1.807) is 4.68 Å². The van der Waals surface area contributed by atoms with Gasteiger partial charge < -0.3 is 10.2 Å². The number of alkyl halides is 3. The van der Waals surface area contributed by atoms with Crippen LogP contribution in [0.25, 0.3) is 16.7 Å². The van der Waals surface area contributed by atoms with Crippen molar-refractivity contribution >= 4 is 11.5 Å². The van der Waals surface area contributed by atoms with Crippen LogP contribution in [0.15, 0.2) is 89.7 Å². The number of hydrogen-bond acceptors (Lipinski definition) is 5. The zero-order valence-corrected chi connectivity index (χ0v) is 24.9. The van der Waals surface area contributed by atoms with Crippen LogP contribution in [0.1, 0.15) is 53.9 Å². The standard InChI is InChI=1S/C35H34F3N5O2/c1-2-31-34(45)40-33(30-20-29(30)26-6-4-3-5-7-26)43(41-31)22-32(44)42(28-16-18-39-19-17-28)21-23-8-10-24(11-9-23)25-12-14-27(15-13-25)35(36,37)38/h3-15,20,28-29,39H,2,16-19,21-22H2,1H3/t29-/m1/s1. The predicted molar refractivity (Wildman–Crippen MR) is 166 cm³/mol. The fourth-order valence-corrected chi connectivity index (χ4v) is 5.89. The van der Waals surface area contributed by atoms with E-state index < -0.39 is 11.7 Å². The highest BCUT2D eigenvalue weighted by Gasteiger charge is 2.34. The van der Waals surface area contributed by atoms with Crippen LogP contribution >= 0.6 is 0 Å². The second kappa shape index (κ2) is 12.8. The Hall–Kier alpha value is -4.57. The van der Waals surface area contributed by atoms with Gasteiger partial charge in [-0.1, -0.05) is 79.7 Å². The number of halogens is 3. The Morgan fingerprint density at radius 1 is 0.956 bits per heavy atom. The average molecular weight is 614 g/mol. The minimum absolute atomic E-state index is 0.0204. The molecule has 0 unspecified atom stereocenters. The number of amides is 1. The van der Waals surface area contributed by atoms with E-state index in [1.165, 1.54) is 12.1 Å². The van der Waals surface area contributed by atoms with Gasteiger partial charge in [-0.3, -0.25) is 9.59 Å². The summed E-state index contributed by atoms with van der Waals surface area (Å²) in [6.07, 6.45) is -0.329. The first-order valence-corrected chi connectivity index (χ1v) is 15.2. The van der Waals surface area contributed by atoms with Crippen molar-refractivity contribution in [3.05, 3.63) is 124 Å². The molecule has 0 spiro atoms. The van der Waals surface area contributed by atoms with Crippen LogP contribution in [0.4, 0.5) is 13.2 Å². The molecule has 1 fully saturated rings. The van der Waals surface area contributed by atoms with Crippen molar-refractivity contribution in [3.63, 3.8) is 0 Å². The number of carbonyl (C=O) groups excluding carboxylic acids is 1. The zero-order valence-electron chi connectivity index (χ0n) is 24.9. The van der Waals surface area contributed by atoms with Gasteiger partial charge in [-0.05, 0) is 66.7 Å². The van der Waals surface area contributed by atoms with E-state index in [1.807, 2.05) is 72.5 Å². The lowest BCUT2D eigenvalue weighted by Gasteiger charge is -2.35. The number of nitrogens with zero attached hydrogens (tertiary/aromatic N) is 4. The normalized spacial score (nSPS) is 16.7. The lowest BCUT2D eigenvalue weighted by Crippen LogP contribution is -2.47. The highest BCUT2D eigenvalue weighted by Crippen LogP contribution is 2.45. The van der Waals surface area contributed by atoms with Crippen LogP contribution < -0.4 is 10.9 Å². The Morgan fingerprint density at radius 2 is 1.60 bits per heavy atom. The number of rotatable bonds is 9. The molecule has 3 aromatic carbocycles. The van der Waals surface area contributed by atoms with Crippen LogP contribution in [0.2, 0.25) is 0 Å². The van der Waals surface area contributed by atoms with Gasteiger partial charge in [-0.2, -0.15) is 23.3 Å². The molecule has 0 radical (unpaired) electrons. The third kappa shape index (κ3) is 6.91. The zero-order chi connectivity index (χ0) is 31.6. The summed E-state index contributed by atoms with van der Waals surface area (Å²) in [6, 6.07) is 22.6. The number of carbonyl (C=O) groups is 1. The number of piperidine rings is 1. The third-order valence-corrected chi connectivity index (χ3v) is 8.47. The quantitative estimate of drug-likeness (QED) is 0.256. The molecular formula is C35H34F3N5O2. The number of aromatic nitrogens is 3. The molecule has 0 bridgehead atoms. The van der Waals surface area contributed by atoms with E-state index in [2.05, 4.69) is 15.4 Å². The molecule has 6 rings (SSSR count). The fraction of sp³-hybridized carbons (Fsp3) is 0.314. The van der Waals surface area contributed by atoms with E-state index in [0.29, 0.717) is 30.0 Å². The summed E-state index contributed by atoms with van der Waals surface area (Å²) in [5, 5.41) is 7.95. The number of hydrogen-bond donors (Lipinski definition) is 1. The van der Waals surface area contributed by atoms with Crippen molar-refractivity contribution in [1.82, 2.24) is 25.0 Å². The maximum Gasteiger partial charge on any atom is 0.416 e. The maximum absolute atomic E-state index is 14.1. The fourth-order valence-electron chi connectivity index (χ4n) is 5.89. The maximum atomic E-state index is 14.1. The smallest absolute Gasteiger partial charge is 0.334 e. The Morgan fingerprint density at radius 3 is 2.22 bits per heavy atom. The van der Waals surface area contributed by atoms with Crippen LogP contribution in [0, 0.1) is 0 Å². The Kier molecular flexibility index (Phi) is 8.67. The number of aryl methyl sites for hydroxylation is 1. The van der Waals surface area contributed by atoms with E-state index >= 15 is 0 Å².